The normalized spacial score (nSPS) is 25.8. The van der Waals surface area contributed by atoms with E-state index in [4.69, 9.17) is 37.3 Å². The van der Waals surface area contributed by atoms with Crippen molar-refractivity contribution in [3.05, 3.63) is 138 Å². The Hall–Kier alpha value is -3.34. The molecule has 0 aliphatic carbocycles. The van der Waals surface area contributed by atoms with Gasteiger partial charge in [0.05, 0.1) is 40.1 Å². The Morgan fingerprint density at radius 2 is 1.33 bits per heavy atom. The second-order valence-electron chi connectivity index (χ2n) is 14.4. The quantitative estimate of drug-likeness (QED) is 0.0736. The minimum atomic E-state index is -4.98. The Balaban J connectivity index is 1.26. The van der Waals surface area contributed by atoms with Gasteiger partial charge in [-0.1, -0.05) is 117 Å². The summed E-state index contributed by atoms with van der Waals surface area (Å²) in [5, 5.41) is 0.290. The van der Waals surface area contributed by atoms with Crippen LogP contribution in [0.25, 0.3) is 0 Å². The van der Waals surface area contributed by atoms with Crippen molar-refractivity contribution in [2.75, 3.05) is 32.0 Å². The second-order valence-corrected chi connectivity index (χ2v) is 17.8. The molecule has 0 spiro atoms. The summed E-state index contributed by atoms with van der Waals surface area (Å²) in [5.41, 5.74) is 3.83. The fraction of sp³-hybridized carbons (Fsp3) is 0.455. The topological polar surface area (TPSA) is 128 Å². The van der Waals surface area contributed by atoms with Crippen molar-refractivity contribution in [3.8, 4) is 5.75 Å². The zero-order valence-electron chi connectivity index (χ0n) is 32.8. The third-order valence-electron chi connectivity index (χ3n) is 10.5. The van der Waals surface area contributed by atoms with Crippen LogP contribution in [0.4, 0.5) is 0 Å². The van der Waals surface area contributed by atoms with Crippen LogP contribution < -0.4 is 4.74 Å². The van der Waals surface area contributed by atoms with E-state index >= 15 is 0 Å². The highest BCUT2D eigenvalue weighted by Crippen LogP contribution is 2.37. The largest absolute Gasteiger partial charge is 0.497 e. The predicted octanol–water partition coefficient (Wildman–Crippen LogP) is 6.94. The van der Waals surface area contributed by atoms with Crippen molar-refractivity contribution in [2.45, 2.75) is 88.6 Å². The van der Waals surface area contributed by atoms with Crippen LogP contribution in [0, 0.1) is 5.92 Å². The van der Waals surface area contributed by atoms with E-state index in [0.717, 1.165) is 40.2 Å². The summed E-state index contributed by atoms with van der Waals surface area (Å²) in [7, 11) is -3.61. The molecule has 9 atom stereocenters. The van der Waals surface area contributed by atoms with Gasteiger partial charge in [-0.15, -0.1) is 0 Å². The van der Waals surface area contributed by atoms with Crippen molar-refractivity contribution < 1.29 is 50.3 Å². The van der Waals surface area contributed by atoms with Crippen LogP contribution in [0.5, 0.6) is 5.75 Å². The standard InChI is InChI=1S/C44H54O11S2/c1-4-41-32(2)39(51-26-36-20-22-37(48-3)23-21-36)29-56(41)30-40-43(55-57(45,46)47)44(52-27-35-18-12-7-13-19-35)42(54-31-53-40)38(50-25-34-16-10-6-11-17-34)28-49-24-33-14-8-5-9-15-33/h5-23,32,38-44H,4,24-31H2,1-3H3/p+1/t32-,38-,39+,40+,41+,42+,43+,44+,56-/m0/s1. The van der Waals surface area contributed by atoms with E-state index in [9.17, 15) is 13.0 Å². The van der Waals surface area contributed by atoms with Crippen LogP contribution >= 0.6 is 0 Å². The molecule has 0 saturated carbocycles. The van der Waals surface area contributed by atoms with Gasteiger partial charge in [0.25, 0.3) is 0 Å². The molecule has 2 aliphatic heterocycles. The Labute approximate surface area is 340 Å². The first-order valence-electron chi connectivity index (χ1n) is 19.4. The molecule has 13 heteroatoms. The average molecular weight is 824 g/mol. The second kappa shape index (κ2) is 21.6. The Bertz CT molecular complexity index is 1850. The lowest BCUT2D eigenvalue weighted by molar-refractivity contribution is -0.183. The lowest BCUT2D eigenvalue weighted by Crippen LogP contribution is -2.54. The van der Waals surface area contributed by atoms with E-state index < -0.39 is 40.9 Å². The molecule has 11 nitrogen and oxygen atoms in total. The summed E-state index contributed by atoms with van der Waals surface area (Å²) in [6.07, 6.45) is -3.94. The maximum absolute atomic E-state index is 12.7. The summed E-state index contributed by atoms with van der Waals surface area (Å²) < 4.78 is 85.5. The third-order valence-corrected chi connectivity index (χ3v) is 14.1. The minimum Gasteiger partial charge on any atom is -0.497 e. The molecule has 0 unspecified atom stereocenters. The molecule has 6 rings (SSSR count). The first kappa shape index (κ1) is 43.2. The van der Waals surface area contributed by atoms with Crippen molar-refractivity contribution in [3.63, 3.8) is 0 Å². The van der Waals surface area contributed by atoms with E-state index in [0.29, 0.717) is 19.0 Å². The Morgan fingerprint density at radius 3 is 1.93 bits per heavy atom. The molecule has 2 heterocycles. The summed E-state index contributed by atoms with van der Waals surface area (Å²) >= 11 is 0. The fourth-order valence-corrected chi connectivity index (χ4v) is 11.4. The highest BCUT2D eigenvalue weighted by atomic mass is 32.3. The van der Waals surface area contributed by atoms with E-state index in [1.54, 1.807) is 7.11 Å². The van der Waals surface area contributed by atoms with Crippen LogP contribution in [-0.4, -0.2) is 86.9 Å². The lowest BCUT2D eigenvalue weighted by atomic mass is 9.99. The van der Waals surface area contributed by atoms with Crippen LogP contribution in [0.15, 0.2) is 115 Å². The molecule has 4 aromatic carbocycles. The lowest BCUT2D eigenvalue weighted by Gasteiger charge is -2.35. The molecular formula is C44H55O11S2+. The fourth-order valence-electron chi connectivity index (χ4n) is 7.52. The van der Waals surface area contributed by atoms with Crippen LogP contribution in [0.2, 0.25) is 0 Å². The third kappa shape index (κ3) is 12.8. The minimum absolute atomic E-state index is 0.0150. The SMILES string of the molecule is CC[C@@H]1[C@@H](C)[C@H](OCc2ccc(OC)cc2)C[S@@+]1C[C@H]1OCO[C@H]([C@H](COCc2ccccc2)OCc2ccccc2)[C@@H](OCc2ccccc2)[C@@H]1OS(=O)(=O)O. The number of methoxy groups -OCH3 is 1. The average Bonchev–Trinajstić information content (AvgIpc) is 3.43. The Morgan fingerprint density at radius 1 is 0.754 bits per heavy atom. The van der Waals surface area contributed by atoms with Crippen LogP contribution in [0.3, 0.4) is 0 Å². The van der Waals surface area contributed by atoms with Crippen molar-refractivity contribution in [1.29, 1.82) is 0 Å². The van der Waals surface area contributed by atoms with E-state index in [2.05, 4.69) is 13.8 Å². The number of hydrogen-bond acceptors (Lipinski definition) is 10. The smallest absolute Gasteiger partial charge is 0.397 e. The molecule has 1 N–H and O–H groups in total. The van der Waals surface area contributed by atoms with Gasteiger partial charge in [0, 0.05) is 5.92 Å². The molecule has 2 aliphatic rings. The molecule has 0 amide bonds. The molecule has 2 fully saturated rings. The van der Waals surface area contributed by atoms with Crippen LogP contribution in [0.1, 0.15) is 42.5 Å². The maximum atomic E-state index is 12.7. The summed E-state index contributed by atoms with van der Waals surface area (Å²) in [4.78, 5) is 0. The van der Waals surface area contributed by atoms with Gasteiger partial charge >= 0.3 is 10.4 Å². The number of ether oxygens (including phenoxy) is 7. The predicted molar refractivity (Wildman–Crippen MR) is 219 cm³/mol. The van der Waals surface area contributed by atoms with E-state index in [1.165, 1.54) is 0 Å². The van der Waals surface area contributed by atoms with Gasteiger partial charge in [0.15, 0.2) is 0 Å². The molecular weight excluding hydrogens is 769 g/mol. The zero-order chi connectivity index (χ0) is 40.0. The number of benzene rings is 4. The van der Waals surface area contributed by atoms with Gasteiger partial charge in [-0.3, -0.25) is 4.55 Å². The van der Waals surface area contributed by atoms with Gasteiger partial charge in [-0.05, 0) is 51.7 Å². The molecule has 2 saturated heterocycles. The van der Waals surface area contributed by atoms with Gasteiger partial charge in [-0.25, -0.2) is 4.18 Å². The van der Waals surface area contributed by atoms with Gasteiger partial charge in [0.2, 0.25) is 0 Å². The van der Waals surface area contributed by atoms with E-state index in [-0.39, 0.29) is 54.8 Å². The first-order chi connectivity index (χ1) is 27.7. The molecule has 0 radical (unpaired) electrons. The molecule has 308 valence electrons. The highest BCUT2D eigenvalue weighted by Gasteiger charge is 2.53. The molecule has 57 heavy (non-hydrogen) atoms. The molecule has 4 aromatic rings. The highest BCUT2D eigenvalue weighted by molar-refractivity contribution is 7.97. The van der Waals surface area contributed by atoms with Crippen molar-refractivity contribution >= 4 is 21.3 Å². The summed E-state index contributed by atoms with van der Waals surface area (Å²) in [5.74, 6) is 2.25. The van der Waals surface area contributed by atoms with Gasteiger partial charge < -0.3 is 33.2 Å². The van der Waals surface area contributed by atoms with E-state index in [1.807, 2.05) is 115 Å². The molecule has 0 aromatic heterocycles. The van der Waals surface area contributed by atoms with Crippen molar-refractivity contribution in [1.82, 2.24) is 0 Å². The van der Waals surface area contributed by atoms with Crippen molar-refractivity contribution in [2.24, 2.45) is 5.92 Å². The number of rotatable bonds is 20. The maximum Gasteiger partial charge on any atom is 0.397 e. The Kier molecular flexibility index (Phi) is 16.4. The zero-order valence-corrected chi connectivity index (χ0v) is 34.4. The summed E-state index contributed by atoms with van der Waals surface area (Å²) in [6, 6.07) is 36.9. The molecule has 0 bridgehead atoms. The monoisotopic (exact) mass is 823 g/mol. The van der Waals surface area contributed by atoms with Gasteiger partial charge in [-0.2, -0.15) is 8.42 Å². The van der Waals surface area contributed by atoms with Gasteiger partial charge in [0.1, 0.15) is 65.9 Å². The summed E-state index contributed by atoms with van der Waals surface area (Å²) in [6.45, 7) is 5.42. The number of hydrogen-bond donors (Lipinski definition) is 1. The van der Waals surface area contributed by atoms with Crippen LogP contribution in [-0.2, 0) is 80.3 Å². The first-order valence-corrected chi connectivity index (χ1v) is 22.4.